The third-order valence-corrected chi connectivity index (χ3v) is 3.98. The van der Waals surface area contributed by atoms with Gasteiger partial charge in [-0.05, 0) is 32.4 Å². The van der Waals surface area contributed by atoms with Gasteiger partial charge in [-0.3, -0.25) is 4.68 Å². The molecular weight excluding hydrogens is 288 g/mol. The van der Waals surface area contributed by atoms with Crippen molar-refractivity contribution in [3.05, 3.63) is 53.5 Å². The minimum Gasteiger partial charge on any atom is -0.364 e. The van der Waals surface area contributed by atoms with Gasteiger partial charge in [-0.15, -0.1) is 0 Å². The van der Waals surface area contributed by atoms with E-state index in [1.54, 1.807) is 10.9 Å². The lowest BCUT2D eigenvalue weighted by atomic mass is 10.1. The zero-order valence-corrected chi connectivity index (χ0v) is 14.1. The molecule has 0 aliphatic rings. The van der Waals surface area contributed by atoms with Gasteiger partial charge < -0.3 is 9.42 Å². The van der Waals surface area contributed by atoms with Crippen LogP contribution in [-0.4, -0.2) is 21.5 Å². The van der Waals surface area contributed by atoms with Gasteiger partial charge in [-0.2, -0.15) is 5.10 Å². The number of nitrogens with zero attached hydrogens (tertiary/aromatic N) is 4. The molecule has 5 nitrogen and oxygen atoms in total. The summed E-state index contributed by atoms with van der Waals surface area (Å²) in [6.45, 7) is 8.02. The third kappa shape index (κ3) is 3.28. The van der Waals surface area contributed by atoms with Gasteiger partial charge in [0.25, 0.3) is 0 Å². The molecule has 23 heavy (non-hydrogen) atoms. The molecule has 0 atom stereocenters. The Morgan fingerprint density at radius 3 is 2.70 bits per heavy atom. The Morgan fingerprint density at radius 2 is 2.04 bits per heavy atom. The molecule has 3 rings (SSSR count). The molecule has 120 valence electrons. The number of hydrogen-bond donors (Lipinski definition) is 0. The summed E-state index contributed by atoms with van der Waals surface area (Å²) < 4.78 is 7.28. The van der Waals surface area contributed by atoms with Crippen molar-refractivity contribution < 1.29 is 4.52 Å². The average molecular weight is 310 g/mol. The van der Waals surface area contributed by atoms with Crippen molar-refractivity contribution in [3.63, 3.8) is 0 Å². The maximum atomic E-state index is 5.52. The van der Waals surface area contributed by atoms with E-state index in [4.69, 9.17) is 4.52 Å². The van der Waals surface area contributed by atoms with Gasteiger partial charge in [0.1, 0.15) is 5.69 Å². The van der Waals surface area contributed by atoms with Crippen LogP contribution in [0.2, 0.25) is 0 Å². The molecule has 0 bridgehead atoms. The second-order valence-corrected chi connectivity index (χ2v) is 5.89. The van der Waals surface area contributed by atoms with E-state index in [-0.39, 0.29) is 0 Å². The summed E-state index contributed by atoms with van der Waals surface area (Å²) in [5.74, 6) is 0.852. The molecule has 2 heterocycles. The standard InChI is InChI=1S/C18H22N4O/c1-5-22(18-7-6-13(2)8-14(18)3)12-16-9-17(20-23-16)15-10-19-21(4)11-15/h6-11H,5,12H2,1-4H3. The number of rotatable bonds is 5. The van der Waals surface area contributed by atoms with Gasteiger partial charge in [0, 0.05) is 37.1 Å². The SMILES string of the molecule is CCN(Cc1cc(-c2cnn(C)c2)no1)c1ccc(C)cc1C. The van der Waals surface area contributed by atoms with Crippen LogP contribution in [0.25, 0.3) is 11.3 Å². The second kappa shape index (κ2) is 6.28. The molecule has 0 N–H and O–H groups in total. The van der Waals surface area contributed by atoms with E-state index >= 15 is 0 Å². The minimum atomic E-state index is 0.702. The molecule has 0 spiro atoms. The number of anilines is 1. The van der Waals surface area contributed by atoms with Crippen LogP contribution in [0.3, 0.4) is 0 Å². The largest absolute Gasteiger partial charge is 0.364 e. The van der Waals surface area contributed by atoms with Crippen LogP contribution < -0.4 is 4.90 Å². The molecule has 0 aliphatic carbocycles. The monoisotopic (exact) mass is 310 g/mol. The van der Waals surface area contributed by atoms with Gasteiger partial charge in [0.15, 0.2) is 5.76 Å². The summed E-state index contributed by atoms with van der Waals surface area (Å²) in [5.41, 5.74) is 5.58. The van der Waals surface area contributed by atoms with Gasteiger partial charge >= 0.3 is 0 Å². The van der Waals surface area contributed by atoms with Gasteiger partial charge in [-0.1, -0.05) is 22.9 Å². The van der Waals surface area contributed by atoms with Crippen molar-refractivity contribution in [2.75, 3.05) is 11.4 Å². The van der Waals surface area contributed by atoms with Crippen molar-refractivity contribution in [1.29, 1.82) is 0 Å². The first-order chi connectivity index (χ1) is 11.1. The van der Waals surface area contributed by atoms with E-state index in [2.05, 4.69) is 54.1 Å². The maximum Gasteiger partial charge on any atom is 0.156 e. The van der Waals surface area contributed by atoms with Crippen molar-refractivity contribution in [2.45, 2.75) is 27.3 Å². The normalized spacial score (nSPS) is 11.0. The molecule has 1 aromatic carbocycles. The Labute approximate surface area is 136 Å². The van der Waals surface area contributed by atoms with Crippen LogP contribution in [0.15, 0.2) is 41.2 Å². The van der Waals surface area contributed by atoms with Crippen LogP contribution in [0.5, 0.6) is 0 Å². The first-order valence-electron chi connectivity index (χ1n) is 7.83. The van der Waals surface area contributed by atoms with Gasteiger partial charge in [0.2, 0.25) is 0 Å². The highest BCUT2D eigenvalue weighted by Crippen LogP contribution is 2.24. The molecule has 0 aliphatic heterocycles. The van der Waals surface area contributed by atoms with Gasteiger partial charge in [0.05, 0.1) is 12.7 Å². The molecule has 0 fully saturated rings. The lowest BCUT2D eigenvalue weighted by molar-refractivity contribution is 0.383. The highest BCUT2D eigenvalue weighted by molar-refractivity contribution is 5.57. The van der Waals surface area contributed by atoms with Crippen LogP contribution in [0, 0.1) is 13.8 Å². The van der Waals surface area contributed by atoms with E-state index in [1.807, 2.05) is 19.3 Å². The summed E-state index contributed by atoms with van der Waals surface area (Å²) in [6, 6.07) is 8.52. The number of aryl methyl sites for hydroxylation is 3. The van der Waals surface area contributed by atoms with Crippen molar-refractivity contribution in [2.24, 2.45) is 7.05 Å². The Bertz CT molecular complexity index is 803. The lowest BCUT2D eigenvalue weighted by Gasteiger charge is -2.23. The quantitative estimate of drug-likeness (QED) is 0.720. The van der Waals surface area contributed by atoms with Crippen LogP contribution in [0.1, 0.15) is 23.8 Å². The van der Waals surface area contributed by atoms with Gasteiger partial charge in [-0.25, -0.2) is 0 Å². The fraction of sp³-hybridized carbons (Fsp3) is 0.333. The highest BCUT2D eigenvalue weighted by Gasteiger charge is 2.13. The average Bonchev–Trinajstić information content (AvgIpc) is 3.14. The zero-order valence-electron chi connectivity index (χ0n) is 14.1. The lowest BCUT2D eigenvalue weighted by Crippen LogP contribution is -2.22. The van der Waals surface area contributed by atoms with E-state index in [0.29, 0.717) is 6.54 Å². The fourth-order valence-corrected chi connectivity index (χ4v) is 2.79. The number of hydrogen-bond acceptors (Lipinski definition) is 4. The van der Waals surface area contributed by atoms with E-state index in [1.165, 1.54) is 16.8 Å². The van der Waals surface area contributed by atoms with Crippen molar-refractivity contribution in [1.82, 2.24) is 14.9 Å². The zero-order chi connectivity index (χ0) is 16.4. The van der Waals surface area contributed by atoms with Crippen molar-refractivity contribution in [3.8, 4) is 11.3 Å². The first kappa shape index (κ1) is 15.3. The highest BCUT2D eigenvalue weighted by atomic mass is 16.5. The second-order valence-electron chi connectivity index (χ2n) is 5.89. The van der Waals surface area contributed by atoms with Crippen molar-refractivity contribution >= 4 is 5.69 Å². The summed E-state index contributed by atoms with van der Waals surface area (Å²) in [5, 5.41) is 8.33. The third-order valence-electron chi connectivity index (χ3n) is 3.98. The topological polar surface area (TPSA) is 47.1 Å². The summed E-state index contributed by atoms with van der Waals surface area (Å²) in [7, 11) is 1.89. The minimum absolute atomic E-state index is 0.702. The van der Waals surface area contributed by atoms with E-state index in [0.717, 1.165) is 23.6 Å². The van der Waals surface area contributed by atoms with E-state index in [9.17, 15) is 0 Å². The molecule has 0 saturated heterocycles. The fourth-order valence-electron chi connectivity index (χ4n) is 2.79. The predicted octanol–water partition coefficient (Wildman–Crippen LogP) is 3.72. The molecule has 0 amide bonds. The molecule has 0 unspecified atom stereocenters. The molecule has 0 radical (unpaired) electrons. The maximum absolute atomic E-state index is 5.52. The summed E-state index contributed by atoms with van der Waals surface area (Å²) >= 11 is 0. The smallest absolute Gasteiger partial charge is 0.156 e. The Hall–Kier alpha value is -2.56. The molecule has 0 saturated carbocycles. The molecule has 3 aromatic rings. The molecule has 5 heteroatoms. The Balaban J connectivity index is 1.81. The number of aromatic nitrogens is 3. The first-order valence-corrected chi connectivity index (χ1v) is 7.83. The van der Waals surface area contributed by atoms with Crippen LogP contribution in [0.4, 0.5) is 5.69 Å². The van der Waals surface area contributed by atoms with Crippen LogP contribution >= 0.6 is 0 Å². The molecular formula is C18H22N4O. The van der Waals surface area contributed by atoms with Crippen LogP contribution in [-0.2, 0) is 13.6 Å². The predicted molar refractivity (Wildman–Crippen MR) is 91.3 cm³/mol. The Kier molecular flexibility index (Phi) is 4.19. The summed E-state index contributed by atoms with van der Waals surface area (Å²) in [6.07, 6.45) is 3.73. The molecule has 2 aromatic heterocycles. The van der Waals surface area contributed by atoms with E-state index < -0.39 is 0 Å². The summed E-state index contributed by atoms with van der Waals surface area (Å²) in [4.78, 5) is 2.29. The number of benzene rings is 1. The Morgan fingerprint density at radius 1 is 1.22 bits per heavy atom.